The maximum atomic E-state index is 9.63. The lowest BCUT2D eigenvalue weighted by molar-refractivity contribution is 0.184. The first-order valence-electron chi connectivity index (χ1n) is 5.31. The first-order valence-corrected chi connectivity index (χ1v) is 5.31. The van der Waals surface area contributed by atoms with E-state index < -0.39 is 6.10 Å². The van der Waals surface area contributed by atoms with Crippen molar-refractivity contribution in [2.24, 2.45) is 5.73 Å². The molecule has 0 bridgehead atoms. The lowest BCUT2D eigenvalue weighted by atomic mass is 10.1. The van der Waals surface area contributed by atoms with Crippen LogP contribution in [0.5, 0.6) is 11.5 Å². The van der Waals surface area contributed by atoms with E-state index in [4.69, 9.17) is 15.2 Å². The molecule has 1 rings (SSSR count). The molecule has 0 fully saturated rings. The van der Waals surface area contributed by atoms with Crippen LogP contribution in [-0.2, 0) is 0 Å². The highest BCUT2D eigenvalue weighted by atomic mass is 16.5. The number of methoxy groups -OCH3 is 1. The second-order valence-electron chi connectivity index (χ2n) is 3.83. The van der Waals surface area contributed by atoms with Gasteiger partial charge < -0.3 is 20.3 Å². The van der Waals surface area contributed by atoms with E-state index in [0.29, 0.717) is 11.5 Å². The molecular formula is C12H19NO3. The van der Waals surface area contributed by atoms with Crippen LogP contribution in [0.4, 0.5) is 0 Å². The van der Waals surface area contributed by atoms with Crippen molar-refractivity contribution in [2.75, 3.05) is 13.7 Å². The van der Waals surface area contributed by atoms with E-state index in [2.05, 4.69) is 0 Å². The molecule has 0 aliphatic rings. The molecule has 1 atom stereocenters. The molecule has 0 aromatic heterocycles. The van der Waals surface area contributed by atoms with Crippen molar-refractivity contribution >= 4 is 0 Å². The Morgan fingerprint density at radius 3 is 2.50 bits per heavy atom. The Bertz CT molecular complexity index is 339. The van der Waals surface area contributed by atoms with Crippen LogP contribution in [0.15, 0.2) is 18.2 Å². The Hall–Kier alpha value is -1.26. The van der Waals surface area contributed by atoms with Crippen molar-refractivity contribution in [3.05, 3.63) is 23.8 Å². The second-order valence-corrected chi connectivity index (χ2v) is 3.83. The van der Waals surface area contributed by atoms with Gasteiger partial charge in [-0.1, -0.05) is 6.07 Å². The topological polar surface area (TPSA) is 64.7 Å². The van der Waals surface area contributed by atoms with Gasteiger partial charge in [0.05, 0.1) is 19.3 Å². The summed E-state index contributed by atoms with van der Waals surface area (Å²) in [5.74, 6) is 1.28. The molecule has 90 valence electrons. The third-order valence-electron chi connectivity index (χ3n) is 2.16. The third-order valence-corrected chi connectivity index (χ3v) is 2.16. The molecule has 4 heteroatoms. The van der Waals surface area contributed by atoms with Crippen molar-refractivity contribution < 1.29 is 14.6 Å². The molecule has 1 unspecified atom stereocenters. The van der Waals surface area contributed by atoms with Crippen LogP contribution in [0.1, 0.15) is 25.5 Å². The van der Waals surface area contributed by atoms with Crippen molar-refractivity contribution in [3.63, 3.8) is 0 Å². The van der Waals surface area contributed by atoms with Gasteiger partial charge in [0.25, 0.3) is 0 Å². The molecule has 1 aromatic rings. The summed E-state index contributed by atoms with van der Waals surface area (Å²) in [5, 5.41) is 9.63. The molecule has 0 spiro atoms. The van der Waals surface area contributed by atoms with Crippen LogP contribution in [0.2, 0.25) is 0 Å². The summed E-state index contributed by atoms with van der Waals surface area (Å²) in [6.07, 6.45) is -0.611. The van der Waals surface area contributed by atoms with E-state index in [9.17, 15) is 5.11 Å². The lowest BCUT2D eigenvalue weighted by Crippen LogP contribution is -2.12. The Kier molecular flexibility index (Phi) is 4.58. The number of hydrogen-bond acceptors (Lipinski definition) is 4. The molecule has 16 heavy (non-hydrogen) atoms. The fourth-order valence-corrected chi connectivity index (χ4v) is 1.38. The zero-order valence-electron chi connectivity index (χ0n) is 9.93. The van der Waals surface area contributed by atoms with Crippen LogP contribution in [0.25, 0.3) is 0 Å². The van der Waals surface area contributed by atoms with Gasteiger partial charge in [0, 0.05) is 6.54 Å². The largest absolute Gasteiger partial charge is 0.493 e. The van der Waals surface area contributed by atoms with Crippen molar-refractivity contribution in [2.45, 2.75) is 26.1 Å². The summed E-state index contributed by atoms with van der Waals surface area (Å²) in [4.78, 5) is 0. The van der Waals surface area contributed by atoms with Gasteiger partial charge in [-0.05, 0) is 31.5 Å². The standard InChI is InChI=1S/C12H19NO3/c1-8(2)16-12-6-9(10(14)7-13)4-5-11(12)15-3/h4-6,8,10,14H,7,13H2,1-3H3. The summed E-state index contributed by atoms with van der Waals surface area (Å²) >= 11 is 0. The number of rotatable bonds is 5. The van der Waals surface area contributed by atoms with E-state index in [1.165, 1.54) is 0 Å². The molecule has 0 saturated heterocycles. The summed E-state index contributed by atoms with van der Waals surface area (Å²) in [5.41, 5.74) is 6.14. The first-order chi connectivity index (χ1) is 7.58. The first kappa shape index (κ1) is 12.8. The SMILES string of the molecule is COc1ccc(C(O)CN)cc1OC(C)C. The Morgan fingerprint density at radius 1 is 1.31 bits per heavy atom. The van der Waals surface area contributed by atoms with E-state index >= 15 is 0 Å². The molecule has 4 nitrogen and oxygen atoms in total. The van der Waals surface area contributed by atoms with Gasteiger partial charge in [0.1, 0.15) is 0 Å². The maximum Gasteiger partial charge on any atom is 0.161 e. The van der Waals surface area contributed by atoms with Crippen LogP contribution < -0.4 is 15.2 Å². The Labute approximate surface area is 96.0 Å². The molecule has 0 saturated carbocycles. The van der Waals surface area contributed by atoms with Gasteiger partial charge in [-0.2, -0.15) is 0 Å². The predicted octanol–water partition coefficient (Wildman–Crippen LogP) is 1.47. The molecule has 3 N–H and O–H groups in total. The quantitative estimate of drug-likeness (QED) is 0.796. The zero-order chi connectivity index (χ0) is 12.1. The minimum absolute atomic E-state index is 0.0548. The van der Waals surface area contributed by atoms with Crippen LogP contribution in [-0.4, -0.2) is 24.9 Å². The minimum Gasteiger partial charge on any atom is -0.493 e. The Balaban J connectivity index is 3.00. The molecule has 1 aromatic carbocycles. The van der Waals surface area contributed by atoms with E-state index in [-0.39, 0.29) is 12.6 Å². The summed E-state index contributed by atoms with van der Waals surface area (Å²) in [7, 11) is 1.58. The number of aliphatic hydroxyl groups is 1. The van der Waals surface area contributed by atoms with Crippen molar-refractivity contribution in [1.29, 1.82) is 0 Å². The average Bonchev–Trinajstić information content (AvgIpc) is 2.27. The highest BCUT2D eigenvalue weighted by molar-refractivity contribution is 5.43. The summed E-state index contributed by atoms with van der Waals surface area (Å²) < 4.78 is 10.8. The van der Waals surface area contributed by atoms with Gasteiger partial charge in [0.15, 0.2) is 11.5 Å². The average molecular weight is 225 g/mol. The van der Waals surface area contributed by atoms with Crippen LogP contribution in [0, 0.1) is 0 Å². The third kappa shape index (κ3) is 3.12. The molecular weight excluding hydrogens is 206 g/mol. The fourth-order valence-electron chi connectivity index (χ4n) is 1.38. The predicted molar refractivity (Wildman–Crippen MR) is 62.8 cm³/mol. The van der Waals surface area contributed by atoms with Crippen LogP contribution >= 0.6 is 0 Å². The number of aliphatic hydroxyl groups excluding tert-OH is 1. The molecule has 0 aliphatic heterocycles. The number of hydrogen-bond donors (Lipinski definition) is 2. The number of ether oxygens (including phenoxy) is 2. The van der Waals surface area contributed by atoms with Crippen LogP contribution in [0.3, 0.4) is 0 Å². The minimum atomic E-state index is -0.666. The molecule has 0 heterocycles. The normalized spacial score (nSPS) is 12.6. The molecule has 0 radical (unpaired) electrons. The van der Waals surface area contributed by atoms with E-state index in [1.54, 1.807) is 25.3 Å². The number of nitrogens with two attached hydrogens (primary N) is 1. The fraction of sp³-hybridized carbons (Fsp3) is 0.500. The van der Waals surface area contributed by atoms with Crippen molar-refractivity contribution in [1.82, 2.24) is 0 Å². The second kappa shape index (κ2) is 5.72. The summed E-state index contributed by atoms with van der Waals surface area (Å²) in [6.45, 7) is 4.06. The monoisotopic (exact) mass is 225 g/mol. The highest BCUT2D eigenvalue weighted by Gasteiger charge is 2.11. The van der Waals surface area contributed by atoms with Gasteiger partial charge in [-0.25, -0.2) is 0 Å². The molecule has 0 amide bonds. The maximum absolute atomic E-state index is 9.63. The number of benzene rings is 1. The van der Waals surface area contributed by atoms with Gasteiger partial charge in [-0.3, -0.25) is 0 Å². The van der Waals surface area contributed by atoms with Crippen molar-refractivity contribution in [3.8, 4) is 11.5 Å². The lowest BCUT2D eigenvalue weighted by Gasteiger charge is -2.16. The van der Waals surface area contributed by atoms with Gasteiger partial charge in [-0.15, -0.1) is 0 Å². The summed E-state index contributed by atoms with van der Waals surface area (Å²) in [6, 6.07) is 5.31. The highest BCUT2D eigenvalue weighted by Crippen LogP contribution is 2.30. The van der Waals surface area contributed by atoms with Gasteiger partial charge >= 0.3 is 0 Å². The Morgan fingerprint density at radius 2 is 2.00 bits per heavy atom. The zero-order valence-corrected chi connectivity index (χ0v) is 9.93. The van der Waals surface area contributed by atoms with Gasteiger partial charge in [0.2, 0.25) is 0 Å². The molecule has 0 aliphatic carbocycles. The van der Waals surface area contributed by atoms with E-state index in [0.717, 1.165) is 5.56 Å². The van der Waals surface area contributed by atoms with E-state index in [1.807, 2.05) is 13.8 Å². The smallest absolute Gasteiger partial charge is 0.161 e.